The van der Waals surface area contributed by atoms with E-state index in [1.807, 2.05) is 32.0 Å². The average molecular weight is 420 g/mol. The lowest BCUT2D eigenvalue weighted by Gasteiger charge is -2.13. The van der Waals surface area contributed by atoms with E-state index in [4.69, 9.17) is 9.47 Å². The highest BCUT2D eigenvalue weighted by molar-refractivity contribution is 7.89. The summed E-state index contributed by atoms with van der Waals surface area (Å²) in [5.74, 6) is -1.23. The van der Waals surface area contributed by atoms with Crippen molar-refractivity contribution in [2.75, 3.05) is 26.1 Å². The first-order valence-corrected chi connectivity index (χ1v) is 10.4. The van der Waals surface area contributed by atoms with Crippen LogP contribution in [0.5, 0.6) is 5.75 Å². The number of carbonyl (C=O) groups excluding carboxylic acids is 2. The molecule has 2 N–H and O–H groups in total. The van der Waals surface area contributed by atoms with Crippen LogP contribution in [0, 0.1) is 6.92 Å². The molecule has 0 bridgehead atoms. The van der Waals surface area contributed by atoms with Crippen LogP contribution in [0.25, 0.3) is 0 Å². The Hall–Kier alpha value is -2.91. The van der Waals surface area contributed by atoms with Gasteiger partial charge in [-0.3, -0.25) is 4.79 Å². The standard InChI is InChI=1S/C20H24N2O6S/c1-5-14-8-6-7-13(2)19(14)22-18(23)12-28-20(24)15-9-10-16(27-4)17(11-15)29(25,26)21-3/h6-11,21H,5,12H2,1-4H3,(H,22,23). The van der Waals surface area contributed by atoms with Gasteiger partial charge in [0, 0.05) is 5.69 Å². The lowest BCUT2D eigenvalue weighted by molar-refractivity contribution is -0.119. The van der Waals surface area contributed by atoms with Crippen LogP contribution in [0.15, 0.2) is 41.3 Å². The maximum absolute atomic E-state index is 12.3. The van der Waals surface area contributed by atoms with Crippen molar-refractivity contribution >= 4 is 27.6 Å². The van der Waals surface area contributed by atoms with Gasteiger partial charge < -0.3 is 14.8 Å². The summed E-state index contributed by atoms with van der Waals surface area (Å²) in [6.45, 7) is 3.35. The number of methoxy groups -OCH3 is 1. The smallest absolute Gasteiger partial charge is 0.338 e. The fourth-order valence-corrected chi connectivity index (χ4v) is 3.63. The summed E-state index contributed by atoms with van der Waals surface area (Å²) in [7, 11) is -1.27. The summed E-state index contributed by atoms with van der Waals surface area (Å²) in [5, 5.41) is 2.76. The van der Waals surface area contributed by atoms with E-state index in [0.717, 1.165) is 23.6 Å². The number of rotatable bonds is 8. The summed E-state index contributed by atoms with van der Waals surface area (Å²) in [4.78, 5) is 24.3. The van der Waals surface area contributed by atoms with Crippen molar-refractivity contribution in [1.29, 1.82) is 0 Å². The van der Waals surface area contributed by atoms with E-state index in [2.05, 4.69) is 10.0 Å². The zero-order valence-electron chi connectivity index (χ0n) is 16.7. The van der Waals surface area contributed by atoms with Gasteiger partial charge in [0.15, 0.2) is 6.61 Å². The third-order valence-corrected chi connectivity index (χ3v) is 5.73. The SMILES string of the molecule is CCc1cccc(C)c1NC(=O)COC(=O)c1ccc(OC)c(S(=O)(=O)NC)c1. The molecular formula is C20H24N2O6S. The van der Waals surface area contributed by atoms with Crippen LogP contribution in [0.4, 0.5) is 5.69 Å². The van der Waals surface area contributed by atoms with Crippen LogP contribution in [0.1, 0.15) is 28.4 Å². The topological polar surface area (TPSA) is 111 Å². The van der Waals surface area contributed by atoms with E-state index in [0.29, 0.717) is 5.69 Å². The Morgan fingerprint density at radius 2 is 1.86 bits per heavy atom. The zero-order valence-corrected chi connectivity index (χ0v) is 17.6. The van der Waals surface area contributed by atoms with Gasteiger partial charge in [-0.15, -0.1) is 0 Å². The van der Waals surface area contributed by atoms with Gasteiger partial charge in [-0.1, -0.05) is 25.1 Å². The highest BCUT2D eigenvalue weighted by Gasteiger charge is 2.21. The maximum Gasteiger partial charge on any atom is 0.338 e. The molecule has 1 amide bonds. The predicted molar refractivity (Wildman–Crippen MR) is 109 cm³/mol. The fourth-order valence-electron chi connectivity index (χ4n) is 2.72. The van der Waals surface area contributed by atoms with Crippen molar-refractivity contribution in [2.24, 2.45) is 0 Å². The molecule has 0 aliphatic carbocycles. The van der Waals surface area contributed by atoms with E-state index in [-0.39, 0.29) is 16.2 Å². The van der Waals surface area contributed by atoms with E-state index < -0.39 is 28.5 Å². The number of benzene rings is 2. The molecule has 0 saturated carbocycles. The van der Waals surface area contributed by atoms with Gasteiger partial charge in [-0.2, -0.15) is 0 Å². The fraction of sp³-hybridized carbons (Fsp3) is 0.300. The molecule has 8 nitrogen and oxygen atoms in total. The lowest BCUT2D eigenvalue weighted by Crippen LogP contribution is -2.23. The number of nitrogens with one attached hydrogen (secondary N) is 2. The monoisotopic (exact) mass is 420 g/mol. The number of hydrogen-bond donors (Lipinski definition) is 2. The molecular weight excluding hydrogens is 396 g/mol. The first kappa shape index (κ1) is 22.4. The first-order valence-electron chi connectivity index (χ1n) is 8.90. The van der Waals surface area contributed by atoms with Gasteiger partial charge >= 0.3 is 5.97 Å². The van der Waals surface area contributed by atoms with E-state index in [1.54, 1.807) is 0 Å². The Bertz CT molecular complexity index is 1020. The lowest BCUT2D eigenvalue weighted by atomic mass is 10.1. The Morgan fingerprint density at radius 3 is 2.48 bits per heavy atom. The van der Waals surface area contributed by atoms with Gasteiger partial charge in [-0.05, 0) is 49.7 Å². The molecule has 0 fully saturated rings. The van der Waals surface area contributed by atoms with Crippen LogP contribution in [-0.2, 0) is 26.0 Å². The van der Waals surface area contributed by atoms with E-state index in [9.17, 15) is 18.0 Å². The zero-order chi connectivity index (χ0) is 21.6. The second-order valence-corrected chi connectivity index (χ2v) is 8.02. The van der Waals surface area contributed by atoms with E-state index in [1.165, 1.54) is 26.3 Å². The molecule has 0 heterocycles. The normalized spacial score (nSPS) is 11.0. The minimum absolute atomic E-state index is 0.0161. The van der Waals surface area contributed by atoms with Gasteiger partial charge in [0.1, 0.15) is 10.6 Å². The number of sulfonamides is 1. The number of para-hydroxylation sites is 1. The Labute approximate surface area is 170 Å². The summed E-state index contributed by atoms with van der Waals surface area (Å²) in [5.41, 5.74) is 2.56. The first-order chi connectivity index (χ1) is 13.7. The molecule has 2 aromatic rings. The van der Waals surface area contributed by atoms with E-state index >= 15 is 0 Å². The number of amides is 1. The molecule has 2 rings (SSSR count). The number of esters is 1. The van der Waals surface area contributed by atoms with Gasteiger partial charge in [0.05, 0.1) is 12.7 Å². The predicted octanol–water partition coefficient (Wildman–Crippen LogP) is 2.27. The van der Waals surface area contributed by atoms with Crippen LogP contribution in [0.3, 0.4) is 0 Å². The summed E-state index contributed by atoms with van der Waals surface area (Å²) in [6, 6.07) is 9.55. The van der Waals surface area contributed by atoms with Crippen LogP contribution in [0.2, 0.25) is 0 Å². The van der Waals surface area contributed by atoms with Crippen LogP contribution < -0.4 is 14.8 Å². The quantitative estimate of drug-likeness (QED) is 0.634. The number of ether oxygens (including phenoxy) is 2. The van der Waals surface area contributed by atoms with Crippen molar-refractivity contribution in [3.8, 4) is 5.75 Å². The highest BCUT2D eigenvalue weighted by atomic mass is 32.2. The Kier molecular flexibility index (Phi) is 7.35. The number of aryl methyl sites for hydroxylation is 2. The average Bonchev–Trinajstić information content (AvgIpc) is 2.72. The molecule has 0 unspecified atom stereocenters. The minimum atomic E-state index is -3.84. The van der Waals surface area contributed by atoms with Crippen LogP contribution in [-0.4, -0.2) is 41.1 Å². The molecule has 0 aliphatic heterocycles. The third kappa shape index (κ3) is 5.33. The molecule has 29 heavy (non-hydrogen) atoms. The van der Waals surface area contributed by atoms with Crippen molar-refractivity contribution in [3.05, 3.63) is 53.1 Å². The molecule has 0 saturated heterocycles. The van der Waals surface area contributed by atoms with Crippen LogP contribution >= 0.6 is 0 Å². The van der Waals surface area contributed by atoms with Crippen molar-refractivity contribution in [1.82, 2.24) is 4.72 Å². The Morgan fingerprint density at radius 1 is 1.14 bits per heavy atom. The molecule has 0 spiro atoms. The summed E-state index contributed by atoms with van der Waals surface area (Å²) >= 11 is 0. The highest BCUT2D eigenvalue weighted by Crippen LogP contribution is 2.25. The van der Waals surface area contributed by atoms with Crippen molar-refractivity contribution in [2.45, 2.75) is 25.2 Å². The number of carbonyl (C=O) groups is 2. The summed E-state index contributed by atoms with van der Waals surface area (Å²) in [6.07, 6.45) is 0.742. The third-order valence-electron chi connectivity index (χ3n) is 4.30. The molecule has 156 valence electrons. The Balaban J connectivity index is 2.12. The minimum Gasteiger partial charge on any atom is -0.495 e. The summed E-state index contributed by atoms with van der Waals surface area (Å²) < 4.78 is 36.5. The largest absolute Gasteiger partial charge is 0.495 e. The van der Waals surface area contributed by atoms with Crippen molar-refractivity contribution in [3.63, 3.8) is 0 Å². The molecule has 9 heteroatoms. The van der Waals surface area contributed by atoms with Gasteiger partial charge in [-0.25, -0.2) is 17.9 Å². The molecule has 0 aromatic heterocycles. The molecule has 0 radical (unpaired) electrons. The van der Waals surface area contributed by atoms with Gasteiger partial charge in [0.2, 0.25) is 10.0 Å². The number of hydrogen-bond acceptors (Lipinski definition) is 6. The van der Waals surface area contributed by atoms with Gasteiger partial charge in [0.25, 0.3) is 5.91 Å². The number of anilines is 1. The molecule has 0 atom stereocenters. The second kappa shape index (κ2) is 9.53. The second-order valence-electron chi connectivity index (χ2n) is 6.16. The van der Waals surface area contributed by atoms with Crippen molar-refractivity contribution < 1.29 is 27.5 Å². The molecule has 2 aromatic carbocycles. The maximum atomic E-state index is 12.3. The molecule has 0 aliphatic rings.